The van der Waals surface area contributed by atoms with Crippen LogP contribution in [-0.4, -0.2) is 28.6 Å². The second-order valence-electron chi connectivity index (χ2n) is 7.15. The van der Waals surface area contributed by atoms with Gasteiger partial charge in [0.15, 0.2) is 0 Å². The van der Waals surface area contributed by atoms with Crippen molar-refractivity contribution in [3.8, 4) is 0 Å². The molecule has 1 aromatic carbocycles. The summed E-state index contributed by atoms with van der Waals surface area (Å²) in [7, 11) is 0. The predicted molar refractivity (Wildman–Crippen MR) is 96.3 cm³/mol. The molecule has 1 aromatic heterocycles. The van der Waals surface area contributed by atoms with Crippen LogP contribution in [0.2, 0.25) is 0 Å². The molecule has 0 fully saturated rings. The van der Waals surface area contributed by atoms with E-state index in [1.807, 2.05) is 20.8 Å². The van der Waals surface area contributed by atoms with Crippen LogP contribution in [0.1, 0.15) is 37.6 Å². The molecule has 5 nitrogen and oxygen atoms in total. The van der Waals surface area contributed by atoms with Crippen molar-refractivity contribution in [3.05, 3.63) is 54.0 Å². The Hall–Kier alpha value is -2.47. The molecule has 0 saturated carbocycles. The molecule has 2 rings (SSSR count). The minimum absolute atomic E-state index is 0.0295. The largest absolute Gasteiger partial charge is 0.394 e. The first-order valence-electron chi connectivity index (χ1n) is 8.18. The average Bonchev–Trinajstić information content (AvgIpc) is 2.53. The minimum atomic E-state index is -0.377. The molecule has 0 bridgehead atoms. The summed E-state index contributed by atoms with van der Waals surface area (Å²) in [6.45, 7) is 5.99. The fourth-order valence-electron chi connectivity index (χ4n) is 2.55. The lowest BCUT2D eigenvalue weighted by Crippen LogP contribution is -2.40. The van der Waals surface area contributed by atoms with E-state index in [0.29, 0.717) is 23.5 Å². The SMILES string of the molecule is CC(C)(C)CC(CO)NC(=O)c1cccnc1Nc1cccc(F)c1. The van der Waals surface area contributed by atoms with E-state index in [1.165, 1.54) is 12.1 Å². The zero-order valence-electron chi connectivity index (χ0n) is 14.7. The Kier molecular flexibility index (Phi) is 6.09. The summed E-state index contributed by atoms with van der Waals surface area (Å²) in [6, 6.07) is 8.87. The standard InChI is InChI=1S/C19H24FN3O2/c1-19(2,3)11-15(12-24)23-18(25)16-8-5-9-21-17(16)22-14-7-4-6-13(20)10-14/h4-10,15,24H,11-12H2,1-3H3,(H,21,22)(H,23,25). The quantitative estimate of drug-likeness (QED) is 0.749. The number of amides is 1. The second-order valence-corrected chi connectivity index (χ2v) is 7.15. The van der Waals surface area contributed by atoms with Crippen molar-refractivity contribution in [3.63, 3.8) is 0 Å². The highest BCUT2D eigenvalue weighted by Gasteiger charge is 2.21. The lowest BCUT2D eigenvalue weighted by atomic mass is 9.88. The zero-order valence-corrected chi connectivity index (χ0v) is 14.7. The van der Waals surface area contributed by atoms with E-state index in [-0.39, 0.29) is 29.8 Å². The molecule has 1 amide bonds. The molecule has 0 aliphatic rings. The molecule has 1 atom stereocenters. The maximum Gasteiger partial charge on any atom is 0.255 e. The monoisotopic (exact) mass is 345 g/mol. The van der Waals surface area contributed by atoms with Gasteiger partial charge in [-0.1, -0.05) is 26.8 Å². The first kappa shape index (κ1) is 18.9. The van der Waals surface area contributed by atoms with Crippen molar-refractivity contribution >= 4 is 17.4 Å². The van der Waals surface area contributed by atoms with Crippen LogP contribution in [-0.2, 0) is 0 Å². The lowest BCUT2D eigenvalue weighted by Gasteiger charge is -2.25. The van der Waals surface area contributed by atoms with Gasteiger partial charge in [0.05, 0.1) is 18.2 Å². The van der Waals surface area contributed by atoms with Crippen molar-refractivity contribution < 1.29 is 14.3 Å². The van der Waals surface area contributed by atoms with Crippen LogP contribution < -0.4 is 10.6 Å². The third-order valence-electron chi connectivity index (χ3n) is 3.55. The van der Waals surface area contributed by atoms with Gasteiger partial charge in [-0.3, -0.25) is 4.79 Å². The topological polar surface area (TPSA) is 74.2 Å². The van der Waals surface area contributed by atoms with Crippen LogP contribution in [0.5, 0.6) is 0 Å². The predicted octanol–water partition coefficient (Wildman–Crippen LogP) is 3.49. The number of aliphatic hydroxyl groups is 1. The average molecular weight is 345 g/mol. The maximum atomic E-state index is 13.3. The number of hydrogen-bond acceptors (Lipinski definition) is 4. The van der Waals surface area contributed by atoms with Gasteiger partial charge < -0.3 is 15.7 Å². The first-order valence-corrected chi connectivity index (χ1v) is 8.18. The molecule has 0 aliphatic heterocycles. The lowest BCUT2D eigenvalue weighted by molar-refractivity contribution is 0.0898. The van der Waals surface area contributed by atoms with Gasteiger partial charge in [0.2, 0.25) is 0 Å². The Morgan fingerprint density at radius 1 is 1.28 bits per heavy atom. The highest BCUT2D eigenvalue weighted by molar-refractivity contribution is 5.99. The first-order chi connectivity index (χ1) is 11.8. The molecule has 0 saturated heterocycles. The molecule has 3 N–H and O–H groups in total. The zero-order chi connectivity index (χ0) is 18.4. The molecule has 0 spiro atoms. The normalized spacial score (nSPS) is 12.5. The van der Waals surface area contributed by atoms with Gasteiger partial charge in [0.25, 0.3) is 5.91 Å². The van der Waals surface area contributed by atoms with Crippen LogP contribution in [0.3, 0.4) is 0 Å². The number of rotatable bonds is 6. The second kappa shape index (κ2) is 8.07. The van der Waals surface area contributed by atoms with E-state index in [9.17, 15) is 14.3 Å². The molecule has 6 heteroatoms. The molecule has 1 unspecified atom stereocenters. The molecule has 2 aromatic rings. The summed E-state index contributed by atoms with van der Waals surface area (Å²) in [5.74, 6) is -0.384. The van der Waals surface area contributed by atoms with Crippen LogP contribution in [0.15, 0.2) is 42.6 Å². The molecule has 0 aliphatic carbocycles. The summed E-state index contributed by atoms with van der Waals surface area (Å²) in [4.78, 5) is 16.8. The number of nitrogens with zero attached hydrogens (tertiary/aromatic N) is 1. The molecular formula is C19H24FN3O2. The minimum Gasteiger partial charge on any atom is -0.394 e. The summed E-state index contributed by atoms with van der Waals surface area (Å²) in [6.07, 6.45) is 2.19. The molecular weight excluding hydrogens is 321 g/mol. The number of benzene rings is 1. The number of aliphatic hydroxyl groups excluding tert-OH is 1. The van der Waals surface area contributed by atoms with Crippen LogP contribution in [0.25, 0.3) is 0 Å². The van der Waals surface area contributed by atoms with Crippen molar-refractivity contribution in [2.45, 2.75) is 33.2 Å². The van der Waals surface area contributed by atoms with Gasteiger partial charge in [0.1, 0.15) is 11.6 Å². The molecule has 0 radical (unpaired) electrons. The van der Waals surface area contributed by atoms with Gasteiger partial charge in [0, 0.05) is 11.9 Å². The highest BCUT2D eigenvalue weighted by Crippen LogP contribution is 2.22. The number of carbonyl (C=O) groups excluding carboxylic acids is 1. The number of halogens is 1. The summed E-state index contributed by atoms with van der Waals surface area (Å²) < 4.78 is 13.3. The van der Waals surface area contributed by atoms with Gasteiger partial charge >= 0.3 is 0 Å². The van der Waals surface area contributed by atoms with Crippen molar-refractivity contribution in [2.24, 2.45) is 5.41 Å². The molecule has 134 valence electrons. The smallest absolute Gasteiger partial charge is 0.255 e. The molecule has 25 heavy (non-hydrogen) atoms. The van der Waals surface area contributed by atoms with E-state index in [1.54, 1.807) is 30.5 Å². The Balaban J connectivity index is 2.17. The van der Waals surface area contributed by atoms with E-state index in [2.05, 4.69) is 15.6 Å². The third-order valence-corrected chi connectivity index (χ3v) is 3.55. The van der Waals surface area contributed by atoms with Crippen molar-refractivity contribution in [1.29, 1.82) is 0 Å². The Morgan fingerprint density at radius 3 is 2.68 bits per heavy atom. The van der Waals surface area contributed by atoms with Crippen molar-refractivity contribution in [2.75, 3.05) is 11.9 Å². The fourth-order valence-corrected chi connectivity index (χ4v) is 2.55. The summed E-state index contributed by atoms with van der Waals surface area (Å²) in [5.41, 5.74) is 0.804. The third kappa shape index (κ3) is 5.83. The van der Waals surface area contributed by atoms with Crippen LogP contribution >= 0.6 is 0 Å². The van der Waals surface area contributed by atoms with Gasteiger partial charge in [-0.25, -0.2) is 9.37 Å². The number of hydrogen-bond donors (Lipinski definition) is 3. The summed E-state index contributed by atoms with van der Waals surface area (Å²) >= 11 is 0. The highest BCUT2D eigenvalue weighted by atomic mass is 19.1. The van der Waals surface area contributed by atoms with Crippen LogP contribution in [0.4, 0.5) is 15.9 Å². The van der Waals surface area contributed by atoms with Gasteiger partial charge in [-0.15, -0.1) is 0 Å². The number of nitrogens with one attached hydrogen (secondary N) is 2. The van der Waals surface area contributed by atoms with E-state index >= 15 is 0 Å². The van der Waals surface area contributed by atoms with Gasteiger partial charge in [-0.05, 0) is 42.2 Å². The number of aromatic nitrogens is 1. The van der Waals surface area contributed by atoms with E-state index in [0.717, 1.165) is 0 Å². The Labute approximate surface area is 147 Å². The van der Waals surface area contributed by atoms with E-state index in [4.69, 9.17) is 0 Å². The fraction of sp³-hybridized carbons (Fsp3) is 0.368. The number of anilines is 2. The van der Waals surface area contributed by atoms with Crippen LogP contribution in [0, 0.1) is 11.2 Å². The number of carbonyl (C=O) groups is 1. The Morgan fingerprint density at radius 2 is 2.04 bits per heavy atom. The maximum absolute atomic E-state index is 13.3. The van der Waals surface area contributed by atoms with Crippen molar-refractivity contribution in [1.82, 2.24) is 10.3 Å². The molecule has 1 heterocycles. The van der Waals surface area contributed by atoms with E-state index < -0.39 is 0 Å². The van der Waals surface area contributed by atoms with Gasteiger partial charge in [-0.2, -0.15) is 0 Å². The number of pyridine rings is 1. The summed E-state index contributed by atoms with van der Waals surface area (Å²) in [5, 5.41) is 15.3. The Bertz CT molecular complexity index is 729.